The summed E-state index contributed by atoms with van der Waals surface area (Å²) in [6, 6.07) is 6.99. The van der Waals surface area contributed by atoms with Crippen LogP contribution in [0.5, 0.6) is 0 Å². The molecule has 1 aliphatic rings. The number of benzene rings is 1. The first-order valence-corrected chi connectivity index (χ1v) is 5.89. The van der Waals surface area contributed by atoms with Crippen LogP contribution in [0.25, 0.3) is 0 Å². The molecule has 0 radical (unpaired) electrons. The molecule has 0 aliphatic carbocycles. The second kappa shape index (κ2) is 4.30. The van der Waals surface area contributed by atoms with Gasteiger partial charge in [-0.15, -0.1) is 0 Å². The van der Waals surface area contributed by atoms with E-state index in [0.717, 1.165) is 9.37 Å². The van der Waals surface area contributed by atoms with E-state index in [2.05, 4.69) is 15.9 Å². The Labute approximate surface area is 107 Å². The summed E-state index contributed by atoms with van der Waals surface area (Å²) in [6.45, 7) is 1.82. The first-order valence-electron chi connectivity index (χ1n) is 5.10. The molecule has 5 heteroatoms. The normalized spacial score (nSPS) is 15.7. The molecule has 0 spiro atoms. The Morgan fingerprint density at radius 2 is 2.00 bits per heavy atom. The number of nitriles is 1. The average molecular weight is 293 g/mol. The van der Waals surface area contributed by atoms with E-state index in [-0.39, 0.29) is 24.3 Å². The Hall–Kier alpha value is -1.67. The van der Waals surface area contributed by atoms with Gasteiger partial charge in [-0.25, -0.2) is 0 Å². The number of hydrogen-bond acceptors (Lipinski definition) is 3. The predicted octanol–water partition coefficient (Wildman–Crippen LogP) is 2.20. The maximum atomic E-state index is 12.0. The van der Waals surface area contributed by atoms with Crippen LogP contribution < -0.4 is 0 Å². The molecule has 0 saturated heterocycles. The largest absolute Gasteiger partial charge is 0.273 e. The van der Waals surface area contributed by atoms with E-state index in [0.29, 0.717) is 11.1 Å². The molecule has 1 aliphatic heterocycles. The Morgan fingerprint density at radius 1 is 1.35 bits per heavy atom. The second-order valence-electron chi connectivity index (χ2n) is 3.94. The number of rotatable bonds is 2. The lowest BCUT2D eigenvalue weighted by molar-refractivity contribution is 0.0643. The smallest absolute Gasteiger partial charge is 0.261 e. The van der Waals surface area contributed by atoms with Gasteiger partial charge < -0.3 is 0 Å². The fraction of sp³-hybridized carbons (Fsp3) is 0.250. The van der Waals surface area contributed by atoms with E-state index in [1.807, 2.05) is 6.07 Å². The third kappa shape index (κ3) is 1.96. The van der Waals surface area contributed by atoms with Crippen LogP contribution in [0, 0.1) is 17.2 Å². The van der Waals surface area contributed by atoms with Crippen LogP contribution in [0.3, 0.4) is 0 Å². The molecule has 4 nitrogen and oxygen atoms in total. The second-order valence-corrected chi connectivity index (χ2v) is 4.86. The zero-order valence-electron chi connectivity index (χ0n) is 9.11. The van der Waals surface area contributed by atoms with Crippen LogP contribution in [-0.2, 0) is 0 Å². The van der Waals surface area contributed by atoms with Crippen LogP contribution in [0.2, 0.25) is 0 Å². The van der Waals surface area contributed by atoms with Crippen molar-refractivity contribution in [2.24, 2.45) is 5.92 Å². The molecule has 86 valence electrons. The lowest BCUT2D eigenvalue weighted by atomic mass is 10.1. The highest BCUT2D eigenvalue weighted by Gasteiger charge is 2.36. The quantitative estimate of drug-likeness (QED) is 0.785. The number of carbonyl (C=O) groups is 2. The van der Waals surface area contributed by atoms with Crippen molar-refractivity contribution in [1.82, 2.24) is 4.90 Å². The lowest BCUT2D eigenvalue weighted by Crippen LogP contribution is -2.33. The van der Waals surface area contributed by atoms with Crippen molar-refractivity contribution >= 4 is 27.7 Å². The summed E-state index contributed by atoms with van der Waals surface area (Å²) in [5.74, 6) is -1.01. The molecule has 0 N–H and O–H groups in total. The number of fused-ring (bicyclic) bond motifs is 1. The molecule has 1 heterocycles. The Bertz CT molecular complexity index is 548. The van der Waals surface area contributed by atoms with Gasteiger partial charge in [-0.2, -0.15) is 5.26 Å². The first kappa shape index (κ1) is 11.8. The molecule has 1 aromatic rings. The minimum absolute atomic E-state index is 0.139. The maximum absolute atomic E-state index is 12.0. The van der Waals surface area contributed by atoms with Gasteiger partial charge in [0, 0.05) is 11.0 Å². The molecule has 1 atom stereocenters. The van der Waals surface area contributed by atoms with Crippen molar-refractivity contribution in [2.45, 2.75) is 6.92 Å². The molecule has 2 amide bonds. The van der Waals surface area contributed by atoms with Crippen LogP contribution in [-0.4, -0.2) is 23.3 Å². The summed E-state index contributed by atoms with van der Waals surface area (Å²) in [7, 11) is 0. The molecule has 0 aromatic heterocycles. The van der Waals surface area contributed by atoms with Gasteiger partial charge in [0.15, 0.2) is 0 Å². The molecule has 0 saturated carbocycles. The van der Waals surface area contributed by atoms with Crippen LogP contribution in [0.4, 0.5) is 0 Å². The van der Waals surface area contributed by atoms with Crippen molar-refractivity contribution in [3.63, 3.8) is 0 Å². The van der Waals surface area contributed by atoms with Crippen molar-refractivity contribution < 1.29 is 9.59 Å². The number of imide groups is 1. The topological polar surface area (TPSA) is 61.2 Å². The fourth-order valence-corrected chi connectivity index (χ4v) is 2.10. The van der Waals surface area contributed by atoms with E-state index in [1.165, 1.54) is 0 Å². The molecule has 1 unspecified atom stereocenters. The van der Waals surface area contributed by atoms with Crippen LogP contribution >= 0.6 is 15.9 Å². The van der Waals surface area contributed by atoms with Gasteiger partial charge in [-0.3, -0.25) is 14.5 Å². The fourth-order valence-electron chi connectivity index (χ4n) is 1.74. The molecule has 0 bridgehead atoms. The highest BCUT2D eigenvalue weighted by Crippen LogP contribution is 2.26. The molecule has 2 rings (SSSR count). The molecule has 0 fully saturated rings. The van der Waals surface area contributed by atoms with Gasteiger partial charge in [-0.1, -0.05) is 15.9 Å². The van der Waals surface area contributed by atoms with E-state index >= 15 is 0 Å². The summed E-state index contributed by atoms with van der Waals surface area (Å²) < 4.78 is 0.757. The summed E-state index contributed by atoms with van der Waals surface area (Å²) >= 11 is 3.26. The average Bonchev–Trinajstić information content (AvgIpc) is 2.54. The summed E-state index contributed by atoms with van der Waals surface area (Å²) in [4.78, 5) is 25.1. The highest BCUT2D eigenvalue weighted by molar-refractivity contribution is 9.10. The Kier molecular flexibility index (Phi) is 2.99. The van der Waals surface area contributed by atoms with Gasteiger partial charge >= 0.3 is 0 Å². The van der Waals surface area contributed by atoms with Crippen molar-refractivity contribution in [2.75, 3.05) is 6.54 Å². The van der Waals surface area contributed by atoms with Crippen molar-refractivity contribution in [3.8, 4) is 6.07 Å². The number of halogens is 1. The van der Waals surface area contributed by atoms with Gasteiger partial charge in [0.25, 0.3) is 11.8 Å². The van der Waals surface area contributed by atoms with E-state index in [1.54, 1.807) is 25.1 Å². The van der Waals surface area contributed by atoms with E-state index in [9.17, 15) is 9.59 Å². The zero-order chi connectivity index (χ0) is 12.6. The summed E-state index contributed by atoms with van der Waals surface area (Å²) in [5.41, 5.74) is 0.804. The predicted molar refractivity (Wildman–Crippen MR) is 64.3 cm³/mol. The summed E-state index contributed by atoms with van der Waals surface area (Å²) in [5, 5.41) is 8.72. The minimum atomic E-state index is -0.361. The SMILES string of the molecule is CC(C#N)CN1C(=O)c2ccc(Br)cc2C1=O. The van der Waals surface area contributed by atoms with Crippen LogP contribution in [0.15, 0.2) is 22.7 Å². The zero-order valence-corrected chi connectivity index (χ0v) is 10.7. The highest BCUT2D eigenvalue weighted by atomic mass is 79.9. The third-order valence-electron chi connectivity index (χ3n) is 2.61. The van der Waals surface area contributed by atoms with Crippen LogP contribution in [0.1, 0.15) is 27.6 Å². The van der Waals surface area contributed by atoms with E-state index in [4.69, 9.17) is 5.26 Å². The van der Waals surface area contributed by atoms with Gasteiger partial charge in [0.05, 0.1) is 23.1 Å². The van der Waals surface area contributed by atoms with Crippen molar-refractivity contribution in [1.29, 1.82) is 5.26 Å². The van der Waals surface area contributed by atoms with E-state index < -0.39 is 0 Å². The van der Waals surface area contributed by atoms with Gasteiger partial charge in [0.1, 0.15) is 0 Å². The maximum Gasteiger partial charge on any atom is 0.261 e. The third-order valence-corrected chi connectivity index (χ3v) is 3.10. The number of carbonyl (C=O) groups excluding carboxylic acids is 2. The molecule has 1 aromatic carbocycles. The van der Waals surface area contributed by atoms with Gasteiger partial charge in [0.2, 0.25) is 0 Å². The molecular weight excluding hydrogens is 284 g/mol. The summed E-state index contributed by atoms with van der Waals surface area (Å²) in [6.07, 6.45) is 0. The Balaban J connectivity index is 2.36. The number of hydrogen-bond donors (Lipinski definition) is 0. The van der Waals surface area contributed by atoms with Gasteiger partial charge in [-0.05, 0) is 25.1 Å². The number of amides is 2. The number of nitrogens with zero attached hydrogens (tertiary/aromatic N) is 2. The Morgan fingerprint density at radius 3 is 2.65 bits per heavy atom. The standard InChI is InChI=1S/C12H9BrN2O2/c1-7(5-14)6-15-11(16)9-3-2-8(13)4-10(9)12(15)17/h2-4,7H,6H2,1H3. The lowest BCUT2D eigenvalue weighted by Gasteiger charge is -2.14. The minimum Gasteiger partial charge on any atom is -0.273 e. The van der Waals surface area contributed by atoms with Crippen molar-refractivity contribution in [3.05, 3.63) is 33.8 Å². The monoisotopic (exact) mass is 292 g/mol. The molecular formula is C12H9BrN2O2. The molecule has 17 heavy (non-hydrogen) atoms. The first-order chi connectivity index (χ1) is 8.04.